The van der Waals surface area contributed by atoms with E-state index in [4.69, 9.17) is 32.9 Å². The molecule has 2 aromatic rings. The minimum atomic E-state index is -0.0123. The molecule has 2 unspecified atom stereocenters. The maximum atomic E-state index is 6.36. The molecule has 0 bridgehead atoms. The number of hydrogen-bond acceptors (Lipinski definition) is 3. The molecule has 3 rings (SSSR count). The Hall–Kier alpha value is -1.03. The van der Waals surface area contributed by atoms with Gasteiger partial charge in [-0.1, -0.05) is 36.2 Å². The van der Waals surface area contributed by atoms with E-state index in [0.717, 1.165) is 36.7 Å². The molecule has 1 aromatic carbocycles. The van der Waals surface area contributed by atoms with Crippen LogP contribution in [0.4, 0.5) is 0 Å². The summed E-state index contributed by atoms with van der Waals surface area (Å²) in [7, 11) is 1.91. The number of aryl methyl sites for hydroxylation is 1. The van der Waals surface area contributed by atoms with Crippen LogP contribution in [-0.4, -0.2) is 53.4 Å². The van der Waals surface area contributed by atoms with Gasteiger partial charge in [-0.05, 0) is 24.6 Å². The van der Waals surface area contributed by atoms with Crippen molar-refractivity contribution < 1.29 is 4.74 Å². The summed E-state index contributed by atoms with van der Waals surface area (Å²) in [5.74, 6) is 1.000. The average molecular weight is 552 g/mol. The number of hydrogen-bond donors (Lipinski definition) is 1. The first-order chi connectivity index (χ1) is 13.5. The zero-order valence-electron chi connectivity index (χ0n) is 16.9. The molecule has 9 heteroatoms. The van der Waals surface area contributed by atoms with Gasteiger partial charge in [0.25, 0.3) is 0 Å². The van der Waals surface area contributed by atoms with Gasteiger partial charge in [-0.15, -0.1) is 24.0 Å². The van der Waals surface area contributed by atoms with Gasteiger partial charge in [0, 0.05) is 54.4 Å². The zero-order chi connectivity index (χ0) is 20.1. The number of aromatic nitrogens is 2. The summed E-state index contributed by atoms with van der Waals surface area (Å²) in [6.07, 6.45) is 3.85. The van der Waals surface area contributed by atoms with Crippen molar-refractivity contribution in [3.63, 3.8) is 0 Å². The lowest BCUT2D eigenvalue weighted by atomic mass is 10.0. The van der Waals surface area contributed by atoms with Crippen LogP contribution in [0.5, 0.6) is 0 Å². The molecule has 1 N–H and O–H groups in total. The van der Waals surface area contributed by atoms with Gasteiger partial charge in [-0.25, -0.2) is 0 Å². The van der Waals surface area contributed by atoms with Gasteiger partial charge >= 0.3 is 0 Å². The lowest BCUT2D eigenvalue weighted by Gasteiger charge is -2.35. The van der Waals surface area contributed by atoms with Crippen LogP contribution in [0.1, 0.15) is 37.0 Å². The quantitative estimate of drug-likeness (QED) is 0.338. The highest BCUT2D eigenvalue weighted by atomic mass is 127. The third-order valence-electron chi connectivity index (χ3n) is 4.80. The minimum absolute atomic E-state index is 0. The largest absolute Gasteiger partial charge is 0.370 e. The van der Waals surface area contributed by atoms with Crippen molar-refractivity contribution in [3.05, 3.63) is 51.8 Å². The highest BCUT2D eigenvalue weighted by Gasteiger charge is 2.25. The van der Waals surface area contributed by atoms with Crippen LogP contribution in [0.15, 0.2) is 35.6 Å². The first kappa shape index (κ1) is 24.2. The molecule has 1 aliphatic rings. The minimum Gasteiger partial charge on any atom is -0.370 e. The van der Waals surface area contributed by atoms with E-state index in [2.05, 4.69) is 29.2 Å². The lowest BCUT2D eigenvalue weighted by molar-refractivity contribution is -0.00804. The molecular weight excluding hydrogens is 524 g/mol. The van der Waals surface area contributed by atoms with E-state index in [-0.39, 0.29) is 36.0 Å². The summed E-state index contributed by atoms with van der Waals surface area (Å²) in [6.45, 7) is 7.75. The van der Waals surface area contributed by atoms with Gasteiger partial charge in [0.15, 0.2) is 5.96 Å². The Labute approximate surface area is 199 Å². The number of nitrogens with one attached hydrogen (secondary N) is 1. The molecule has 1 fully saturated rings. The van der Waals surface area contributed by atoms with Crippen LogP contribution in [0, 0.1) is 0 Å². The molecular formula is C20H28Cl2IN5O. The van der Waals surface area contributed by atoms with Gasteiger partial charge in [-0.3, -0.25) is 9.67 Å². The lowest BCUT2D eigenvalue weighted by Crippen LogP contribution is -2.48. The van der Waals surface area contributed by atoms with Gasteiger partial charge in [-0.2, -0.15) is 5.10 Å². The van der Waals surface area contributed by atoms with Gasteiger partial charge < -0.3 is 15.0 Å². The number of benzene rings is 1. The van der Waals surface area contributed by atoms with Crippen molar-refractivity contribution in [1.82, 2.24) is 20.0 Å². The number of aliphatic imine (C=N–C) groups is 1. The predicted molar refractivity (Wildman–Crippen MR) is 130 cm³/mol. The van der Waals surface area contributed by atoms with Crippen molar-refractivity contribution in [2.45, 2.75) is 25.9 Å². The van der Waals surface area contributed by atoms with E-state index >= 15 is 0 Å². The molecule has 6 nitrogen and oxygen atoms in total. The zero-order valence-corrected chi connectivity index (χ0v) is 20.8. The normalized spacial score (nSPS) is 18.3. The van der Waals surface area contributed by atoms with E-state index < -0.39 is 0 Å². The number of ether oxygens (including phenoxy) is 1. The summed E-state index contributed by atoms with van der Waals surface area (Å²) in [5, 5.41) is 9.02. The van der Waals surface area contributed by atoms with E-state index in [0.29, 0.717) is 23.2 Å². The Balaban J connectivity index is 0.00000300. The predicted octanol–water partition coefficient (Wildman–Crippen LogP) is 4.49. The Morgan fingerprint density at radius 2 is 2.10 bits per heavy atom. The van der Waals surface area contributed by atoms with Gasteiger partial charge in [0.1, 0.15) is 6.10 Å². The first-order valence-electron chi connectivity index (χ1n) is 9.57. The SMILES string of the molecule is CCNC(=NCC(C)c1c(Cl)cccc1Cl)N1CCOC(c2cnn(C)c2)C1.I. The summed E-state index contributed by atoms with van der Waals surface area (Å²) >= 11 is 12.7. The highest BCUT2D eigenvalue weighted by Crippen LogP contribution is 2.31. The molecule has 160 valence electrons. The van der Waals surface area contributed by atoms with Crippen LogP contribution < -0.4 is 5.32 Å². The maximum Gasteiger partial charge on any atom is 0.194 e. The molecule has 1 aromatic heterocycles. The monoisotopic (exact) mass is 551 g/mol. The maximum absolute atomic E-state index is 6.36. The van der Waals surface area contributed by atoms with E-state index in [1.165, 1.54) is 0 Å². The third-order valence-corrected chi connectivity index (χ3v) is 5.46. The Morgan fingerprint density at radius 3 is 2.72 bits per heavy atom. The van der Waals surface area contributed by atoms with Crippen molar-refractivity contribution in [2.75, 3.05) is 32.8 Å². The van der Waals surface area contributed by atoms with Crippen LogP contribution in [0.3, 0.4) is 0 Å². The Kier molecular flexibility index (Phi) is 9.52. The Morgan fingerprint density at radius 1 is 1.38 bits per heavy atom. The van der Waals surface area contributed by atoms with Crippen LogP contribution >= 0.6 is 47.2 Å². The number of guanidine groups is 1. The standard InChI is InChI=1S/C20H27Cl2N5O.HI/c1-4-23-20(24-10-14(2)19-16(21)6-5-7-17(19)22)27-8-9-28-18(13-27)15-11-25-26(3)12-15;/h5-7,11-12,14,18H,4,8-10,13H2,1-3H3,(H,23,24);1H. The molecule has 2 heterocycles. The molecule has 29 heavy (non-hydrogen) atoms. The average Bonchev–Trinajstić information content (AvgIpc) is 3.11. The van der Waals surface area contributed by atoms with Crippen LogP contribution in [-0.2, 0) is 11.8 Å². The fourth-order valence-electron chi connectivity index (χ4n) is 3.37. The molecule has 0 aliphatic carbocycles. The van der Waals surface area contributed by atoms with E-state index in [1.54, 1.807) is 4.68 Å². The first-order valence-corrected chi connectivity index (χ1v) is 10.3. The van der Waals surface area contributed by atoms with Gasteiger partial charge in [0.2, 0.25) is 0 Å². The van der Waals surface area contributed by atoms with Crippen molar-refractivity contribution in [1.29, 1.82) is 0 Å². The van der Waals surface area contributed by atoms with Crippen molar-refractivity contribution >= 4 is 53.1 Å². The summed E-state index contributed by atoms with van der Waals surface area (Å²) < 4.78 is 7.75. The Bertz CT molecular complexity index is 809. The molecule has 1 saturated heterocycles. The molecule has 2 atom stereocenters. The second kappa shape index (κ2) is 11.4. The smallest absolute Gasteiger partial charge is 0.194 e. The number of morpholine rings is 1. The highest BCUT2D eigenvalue weighted by molar-refractivity contribution is 14.0. The molecule has 0 saturated carbocycles. The topological polar surface area (TPSA) is 54.7 Å². The summed E-state index contributed by atoms with van der Waals surface area (Å²) in [5.41, 5.74) is 2.03. The van der Waals surface area contributed by atoms with E-state index in [1.807, 2.05) is 37.6 Å². The fraction of sp³-hybridized carbons (Fsp3) is 0.500. The molecule has 0 spiro atoms. The molecule has 0 radical (unpaired) electrons. The third kappa shape index (κ3) is 6.23. The van der Waals surface area contributed by atoms with Crippen molar-refractivity contribution in [2.24, 2.45) is 12.0 Å². The molecule has 0 amide bonds. The second-order valence-corrected chi connectivity index (χ2v) is 7.80. The second-order valence-electron chi connectivity index (χ2n) is 6.98. The summed E-state index contributed by atoms with van der Waals surface area (Å²) in [4.78, 5) is 7.11. The molecule has 1 aliphatic heterocycles. The van der Waals surface area contributed by atoms with Crippen LogP contribution in [0.2, 0.25) is 10.0 Å². The summed E-state index contributed by atoms with van der Waals surface area (Å²) in [6, 6.07) is 5.60. The van der Waals surface area contributed by atoms with Gasteiger partial charge in [0.05, 0.1) is 19.3 Å². The number of rotatable bonds is 5. The number of halogens is 3. The van der Waals surface area contributed by atoms with E-state index in [9.17, 15) is 0 Å². The fourth-order valence-corrected chi connectivity index (χ4v) is 4.14. The number of nitrogens with zero attached hydrogens (tertiary/aromatic N) is 4. The van der Waals surface area contributed by atoms with Crippen molar-refractivity contribution in [3.8, 4) is 0 Å². The van der Waals surface area contributed by atoms with Crippen LogP contribution in [0.25, 0.3) is 0 Å².